The van der Waals surface area contributed by atoms with E-state index in [-0.39, 0.29) is 11.7 Å². The summed E-state index contributed by atoms with van der Waals surface area (Å²) in [6.07, 6.45) is 4.66. The van der Waals surface area contributed by atoms with Gasteiger partial charge in [-0.2, -0.15) is 10.2 Å². The minimum atomic E-state index is -0.541. The van der Waals surface area contributed by atoms with Gasteiger partial charge in [-0.15, -0.1) is 0 Å². The summed E-state index contributed by atoms with van der Waals surface area (Å²) in [6, 6.07) is 0.0642. The van der Waals surface area contributed by atoms with Crippen LogP contribution in [0, 0.1) is 0 Å². The number of halogens is 1. The summed E-state index contributed by atoms with van der Waals surface area (Å²) in [7, 11) is 1.87. The SMILES string of the molecule is Cn1cc(C2CCNc3c(Br)c(C(N)=O)nn32)cn1. The number of nitrogens with two attached hydrogens (primary N) is 1. The van der Waals surface area contributed by atoms with Crippen molar-refractivity contribution < 1.29 is 4.79 Å². The lowest BCUT2D eigenvalue weighted by Crippen LogP contribution is -2.24. The molecule has 0 spiro atoms. The van der Waals surface area contributed by atoms with Crippen molar-refractivity contribution in [3.8, 4) is 0 Å². The van der Waals surface area contributed by atoms with E-state index in [1.54, 1.807) is 9.36 Å². The zero-order valence-electron chi connectivity index (χ0n) is 10.3. The van der Waals surface area contributed by atoms with Crippen LogP contribution < -0.4 is 11.1 Å². The Kier molecular flexibility index (Phi) is 2.81. The second-order valence-electron chi connectivity index (χ2n) is 4.50. The van der Waals surface area contributed by atoms with Crippen LogP contribution in [0.25, 0.3) is 0 Å². The third kappa shape index (κ3) is 1.92. The highest BCUT2D eigenvalue weighted by molar-refractivity contribution is 9.10. The van der Waals surface area contributed by atoms with Crippen LogP contribution in [0.4, 0.5) is 5.82 Å². The zero-order chi connectivity index (χ0) is 13.6. The van der Waals surface area contributed by atoms with Gasteiger partial charge in [-0.3, -0.25) is 9.48 Å². The lowest BCUT2D eigenvalue weighted by molar-refractivity contribution is 0.0994. The number of hydrogen-bond acceptors (Lipinski definition) is 4. The topological polar surface area (TPSA) is 90.8 Å². The molecule has 0 saturated carbocycles. The molecule has 2 aromatic rings. The van der Waals surface area contributed by atoms with E-state index < -0.39 is 5.91 Å². The summed E-state index contributed by atoms with van der Waals surface area (Å²) in [5.74, 6) is 0.245. The van der Waals surface area contributed by atoms with Crippen LogP contribution >= 0.6 is 15.9 Å². The van der Waals surface area contributed by atoms with Gasteiger partial charge in [-0.1, -0.05) is 0 Å². The molecule has 0 radical (unpaired) electrons. The lowest BCUT2D eigenvalue weighted by Gasteiger charge is -2.24. The van der Waals surface area contributed by atoms with Crippen molar-refractivity contribution in [1.29, 1.82) is 0 Å². The molecule has 7 nitrogen and oxygen atoms in total. The molecule has 8 heteroatoms. The second-order valence-corrected chi connectivity index (χ2v) is 5.29. The predicted molar refractivity (Wildman–Crippen MR) is 72.9 cm³/mol. The molecule has 1 atom stereocenters. The van der Waals surface area contributed by atoms with Crippen LogP contribution in [0.3, 0.4) is 0 Å². The Morgan fingerprint density at radius 3 is 3.05 bits per heavy atom. The third-order valence-corrected chi connectivity index (χ3v) is 3.95. The number of amides is 1. The summed E-state index contributed by atoms with van der Waals surface area (Å²) in [4.78, 5) is 11.4. The van der Waals surface area contributed by atoms with Crippen molar-refractivity contribution >= 4 is 27.7 Å². The van der Waals surface area contributed by atoms with Gasteiger partial charge in [0, 0.05) is 25.4 Å². The van der Waals surface area contributed by atoms with E-state index in [0.717, 1.165) is 24.3 Å². The van der Waals surface area contributed by atoms with E-state index >= 15 is 0 Å². The number of carbonyl (C=O) groups excluding carboxylic acids is 1. The number of anilines is 1. The first-order valence-corrected chi connectivity index (χ1v) is 6.67. The van der Waals surface area contributed by atoms with Gasteiger partial charge in [0.1, 0.15) is 5.82 Å². The molecule has 3 rings (SSSR count). The average molecular weight is 325 g/mol. The van der Waals surface area contributed by atoms with Crippen molar-refractivity contribution in [3.63, 3.8) is 0 Å². The van der Waals surface area contributed by atoms with Gasteiger partial charge in [0.25, 0.3) is 5.91 Å². The first-order chi connectivity index (χ1) is 9.08. The molecular weight excluding hydrogens is 312 g/mol. The molecule has 0 bridgehead atoms. The minimum absolute atomic E-state index is 0.0642. The molecule has 100 valence electrons. The van der Waals surface area contributed by atoms with Crippen molar-refractivity contribution in [2.24, 2.45) is 12.8 Å². The molecule has 0 aliphatic carbocycles. The highest BCUT2D eigenvalue weighted by atomic mass is 79.9. The number of carbonyl (C=O) groups is 1. The van der Waals surface area contributed by atoms with E-state index in [9.17, 15) is 4.79 Å². The Morgan fingerprint density at radius 1 is 1.63 bits per heavy atom. The van der Waals surface area contributed by atoms with Crippen molar-refractivity contribution in [3.05, 3.63) is 28.1 Å². The van der Waals surface area contributed by atoms with Gasteiger partial charge < -0.3 is 11.1 Å². The quantitative estimate of drug-likeness (QED) is 0.858. The fourth-order valence-corrected chi connectivity index (χ4v) is 2.92. The molecule has 3 heterocycles. The maximum atomic E-state index is 11.4. The van der Waals surface area contributed by atoms with Crippen LogP contribution in [-0.2, 0) is 7.05 Å². The Labute approximate surface area is 117 Å². The molecule has 1 aliphatic heterocycles. The largest absolute Gasteiger partial charge is 0.369 e. The first kappa shape index (κ1) is 12.2. The highest BCUT2D eigenvalue weighted by Crippen LogP contribution is 2.35. The second kappa shape index (κ2) is 4.37. The number of nitrogens with one attached hydrogen (secondary N) is 1. The molecule has 2 aromatic heterocycles. The number of aryl methyl sites for hydroxylation is 1. The fraction of sp³-hybridized carbons (Fsp3) is 0.364. The molecule has 3 N–H and O–H groups in total. The smallest absolute Gasteiger partial charge is 0.270 e. The van der Waals surface area contributed by atoms with Crippen molar-refractivity contribution in [2.45, 2.75) is 12.5 Å². The lowest BCUT2D eigenvalue weighted by atomic mass is 10.1. The Balaban J connectivity index is 2.09. The Morgan fingerprint density at radius 2 is 2.42 bits per heavy atom. The minimum Gasteiger partial charge on any atom is -0.369 e. The maximum absolute atomic E-state index is 11.4. The maximum Gasteiger partial charge on any atom is 0.270 e. The normalized spacial score (nSPS) is 17.9. The molecule has 1 amide bonds. The third-order valence-electron chi connectivity index (χ3n) is 3.20. The summed E-state index contributed by atoms with van der Waals surface area (Å²) in [5, 5.41) is 11.7. The zero-order valence-corrected chi connectivity index (χ0v) is 11.9. The molecule has 1 aliphatic rings. The molecule has 0 fully saturated rings. The van der Waals surface area contributed by atoms with Gasteiger partial charge in [-0.05, 0) is 22.4 Å². The van der Waals surface area contributed by atoms with Gasteiger partial charge >= 0.3 is 0 Å². The highest BCUT2D eigenvalue weighted by Gasteiger charge is 2.28. The number of nitrogens with zero attached hydrogens (tertiary/aromatic N) is 4. The summed E-state index contributed by atoms with van der Waals surface area (Å²) < 4.78 is 4.17. The van der Waals surface area contributed by atoms with Gasteiger partial charge in [0.2, 0.25) is 0 Å². The predicted octanol–water partition coefficient (Wildman–Crippen LogP) is 0.883. The first-order valence-electron chi connectivity index (χ1n) is 5.88. The van der Waals surface area contributed by atoms with Crippen LogP contribution in [0.1, 0.15) is 28.5 Å². The molecule has 0 saturated heterocycles. The van der Waals surface area contributed by atoms with Crippen LogP contribution in [0.15, 0.2) is 16.9 Å². The Hall–Kier alpha value is -1.83. The number of rotatable bonds is 2. The monoisotopic (exact) mass is 324 g/mol. The molecule has 1 unspecified atom stereocenters. The fourth-order valence-electron chi connectivity index (χ4n) is 2.33. The standard InChI is InChI=1S/C11H13BrN6O/c1-17-5-6(4-15-17)7-2-3-14-11-8(12)9(10(13)19)16-18(7)11/h4-5,7,14H,2-3H2,1H3,(H2,13,19). The number of fused-ring (bicyclic) bond motifs is 1. The van der Waals surface area contributed by atoms with Crippen LogP contribution in [0.2, 0.25) is 0 Å². The summed E-state index contributed by atoms with van der Waals surface area (Å²) in [6.45, 7) is 0.808. The molecular formula is C11H13BrN6O. The summed E-state index contributed by atoms with van der Waals surface area (Å²) in [5.41, 5.74) is 6.64. The van der Waals surface area contributed by atoms with E-state index in [2.05, 4.69) is 31.4 Å². The summed E-state index contributed by atoms with van der Waals surface area (Å²) >= 11 is 3.38. The molecule has 19 heavy (non-hydrogen) atoms. The van der Waals surface area contributed by atoms with Crippen LogP contribution in [-0.4, -0.2) is 32.0 Å². The Bertz CT molecular complexity index is 646. The van der Waals surface area contributed by atoms with Gasteiger partial charge in [0.15, 0.2) is 5.69 Å². The van der Waals surface area contributed by atoms with E-state index in [4.69, 9.17) is 5.73 Å². The van der Waals surface area contributed by atoms with Crippen molar-refractivity contribution in [1.82, 2.24) is 19.6 Å². The number of aromatic nitrogens is 4. The van der Waals surface area contributed by atoms with E-state index in [0.29, 0.717) is 4.47 Å². The number of primary amides is 1. The number of hydrogen-bond donors (Lipinski definition) is 2. The van der Waals surface area contributed by atoms with E-state index in [1.165, 1.54) is 0 Å². The van der Waals surface area contributed by atoms with Crippen LogP contribution in [0.5, 0.6) is 0 Å². The average Bonchev–Trinajstić information content (AvgIpc) is 2.94. The molecule has 0 aromatic carbocycles. The van der Waals surface area contributed by atoms with Gasteiger partial charge in [0.05, 0.1) is 16.7 Å². The van der Waals surface area contributed by atoms with E-state index in [1.807, 2.05) is 19.4 Å². The van der Waals surface area contributed by atoms with Crippen molar-refractivity contribution in [2.75, 3.05) is 11.9 Å². The van der Waals surface area contributed by atoms with Gasteiger partial charge in [-0.25, -0.2) is 4.68 Å².